The van der Waals surface area contributed by atoms with Crippen molar-refractivity contribution in [2.45, 2.75) is 37.8 Å². The van der Waals surface area contributed by atoms with Gasteiger partial charge in [-0.25, -0.2) is 4.39 Å². The van der Waals surface area contributed by atoms with Crippen molar-refractivity contribution in [1.29, 1.82) is 0 Å². The number of amides is 1. The van der Waals surface area contributed by atoms with E-state index in [-0.39, 0.29) is 23.4 Å². The zero-order valence-electron chi connectivity index (χ0n) is 11.2. The van der Waals surface area contributed by atoms with E-state index in [1.807, 2.05) is 0 Å². The highest BCUT2D eigenvalue weighted by Gasteiger charge is 2.25. The molecule has 0 aliphatic heterocycles. The van der Waals surface area contributed by atoms with Crippen LogP contribution in [0.3, 0.4) is 0 Å². The number of anilines is 1. The van der Waals surface area contributed by atoms with Crippen LogP contribution < -0.4 is 11.1 Å². The second-order valence-corrected chi connectivity index (χ2v) is 5.12. The number of rotatable bonds is 3. The number of nitrogens with one attached hydrogen (secondary N) is 1. The van der Waals surface area contributed by atoms with E-state index in [9.17, 15) is 24.4 Å². The van der Waals surface area contributed by atoms with Gasteiger partial charge in [0.05, 0.1) is 22.7 Å². The number of nitro groups is 1. The fourth-order valence-corrected chi connectivity index (χ4v) is 2.43. The van der Waals surface area contributed by atoms with Crippen LogP contribution in [0.15, 0.2) is 12.1 Å². The molecule has 1 aliphatic carbocycles. The molecule has 2 rings (SSSR count). The van der Waals surface area contributed by atoms with Gasteiger partial charge in [-0.15, -0.1) is 0 Å². The molecule has 1 aromatic rings. The normalized spacial score (nSPS) is 21.8. The van der Waals surface area contributed by atoms with Gasteiger partial charge in [0, 0.05) is 6.04 Å². The number of carbonyl (C=O) groups excluding carboxylic acids is 1. The van der Waals surface area contributed by atoms with Gasteiger partial charge in [0.15, 0.2) is 0 Å². The molecule has 0 saturated heterocycles. The minimum Gasteiger partial charge on any atom is -0.393 e. The van der Waals surface area contributed by atoms with Crippen LogP contribution >= 0.6 is 0 Å². The molecule has 0 heterocycles. The first-order valence-corrected chi connectivity index (χ1v) is 6.61. The lowest BCUT2D eigenvalue weighted by atomic mass is 9.93. The Morgan fingerprint density at radius 3 is 2.57 bits per heavy atom. The Bertz CT molecular complexity index is 571. The third-order valence-corrected chi connectivity index (χ3v) is 3.60. The van der Waals surface area contributed by atoms with Gasteiger partial charge in [-0.2, -0.15) is 0 Å². The largest absolute Gasteiger partial charge is 0.393 e. The molecule has 1 saturated carbocycles. The van der Waals surface area contributed by atoms with Gasteiger partial charge in [-0.3, -0.25) is 14.9 Å². The van der Waals surface area contributed by atoms with E-state index < -0.39 is 22.3 Å². The summed E-state index contributed by atoms with van der Waals surface area (Å²) in [4.78, 5) is 22.0. The van der Waals surface area contributed by atoms with Crippen molar-refractivity contribution in [2.75, 3.05) is 5.73 Å². The lowest BCUT2D eigenvalue weighted by Crippen LogP contribution is -2.38. The lowest BCUT2D eigenvalue weighted by Gasteiger charge is -2.26. The van der Waals surface area contributed by atoms with Crippen LogP contribution in [0.5, 0.6) is 0 Å². The predicted octanol–water partition coefficient (Wildman–Crippen LogP) is 1.35. The molecular weight excluding hydrogens is 281 g/mol. The molecule has 8 heteroatoms. The highest BCUT2D eigenvalue weighted by molar-refractivity contribution is 6.01. The maximum absolute atomic E-state index is 13.4. The van der Waals surface area contributed by atoms with E-state index in [0.29, 0.717) is 31.7 Å². The fourth-order valence-electron chi connectivity index (χ4n) is 2.43. The first-order valence-electron chi connectivity index (χ1n) is 6.61. The standard InChI is InChI=1S/C13H16FN3O4/c14-7-5-10(12(15)11(6-7)17(20)21)13(19)16-8-1-3-9(18)4-2-8/h5-6,8-9,18H,1-4,15H2,(H,16,19). The maximum atomic E-state index is 13.4. The molecule has 1 aliphatic rings. The molecule has 0 spiro atoms. The average molecular weight is 297 g/mol. The fraction of sp³-hybridized carbons (Fsp3) is 0.462. The van der Waals surface area contributed by atoms with Crippen molar-refractivity contribution < 1.29 is 19.2 Å². The number of hydrogen-bond donors (Lipinski definition) is 3. The van der Waals surface area contributed by atoms with Crippen molar-refractivity contribution >= 4 is 17.3 Å². The lowest BCUT2D eigenvalue weighted by molar-refractivity contribution is -0.384. The molecule has 0 unspecified atom stereocenters. The molecule has 7 nitrogen and oxygen atoms in total. The highest BCUT2D eigenvalue weighted by Crippen LogP contribution is 2.27. The van der Waals surface area contributed by atoms with Gasteiger partial charge in [0.1, 0.15) is 11.5 Å². The molecule has 1 fully saturated rings. The first kappa shape index (κ1) is 15.2. The summed E-state index contributed by atoms with van der Waals surface area (Å²) in [5.41, 5.74) is 4.35. The van der Waals surface area contributed by atoms with Crippen LogP contribution in [0.25, 0.3) is 0 Å². The summed E-state index contributed by atoms with van der Waals surface area (Å²) in [5, 5.41) is 22.8. The van der Waals surface area contributed by atoms with Crippen molar-refractivity contribution in [3.05, 3.63) is 33.6 Å². The molecule has 4 N–H and O–H groups in total. The quantitative estimate of drug-likeness (QED) is 0.442. The summed E-state index contributed by atoms with van der Waals surface area (Å²) < 4.78 is 13.4. The van der Waals surface area contributed by atoms with E-state index in [1.54, 1.807) is 0 Å². The van der Waals surface area contributed by atoms with Gasteiger partial charge in [0.25, 0.3) is 11.6 Å². The SMILES string of the molecule is Nc1c(C(=O)NC2CCC(O)CC2)cc(F)cc1[N+](=O)[O-]. The third-order valence-electron chi connectivity index (χ3n) is 3.60. The number of nitro benzene ring substituents is 1. The number of nitrogens with zero attached hydrogens (tertiary/aromatic N) is 1. The van der Waals surface area contributed by atoms with Crippen molar-refractivity contribution in [2.24, 2.45) is 0 Å². The Kier molecular flexibility index (Phi) is 4.37. The van der Waals surface area contributed by atoms with Gasteiger partial charge >= 0.3 is 0 Å². The number of halogens is 1. The summed E-state index contributed by atoms with van der Waals surface area (Å²) in [7, 11) is 0. The van der Waals surface area contributed by atoms with Crippen LogP contribution in [-0.2, 0) is 0 Å². The summed E-state index contributed by atoms with van der Waals surface area (Å²) in [6, 6.07) is 1.42. The van der Waals surface area contributed by atoms with Crippen LogP contribution in [-0.4, -0.2) is 28.1 Å². The van der Waals surface area contributed by atoms with Crippen LogP contribution in [0.1, 0.15) is 36.0 Å². The van der Waals surface area contributed by atoms with Crippen LogP contribution in [0, 0.1) is 15.9 Å². The molecule has 21 heavy (non-hydrogen) atoms. The van der Waals surface area contributed by atoms with E-state index in [2.05, 4.69) is 5.32 Å². The van der Waals surface area contributed by atoms with Gasteiger partial charge in [-0.1, -0.05) is 0 Å². The molecule has 0 aromatic heterocycles. The van der Waals surface area contributed by atoms with Crippen molar-refractivity contribution in [3.8, 4) is 0 Å². The van der Waals surface area contributed by atoms with Gasteiger partial charge < -0.3 is 16.2 Å². The molecule has 114 valence electrons. The van der Waals surface area contributed by atoms with E-state index in [4.69, 9.17) is 5.73 Å². The number of nitrogens with two attached hydrogens (primary N) is 1. The monoisotopic (exact) mass is 297 g/mol. The summed E-state index contributed by atoms with van der Waals surface area (Å²) in [6.45, 7) is 0. The van der Waals surface area contributed by atoms with Crippen molar-refractivity contribution in [3.63, 3.8) is 0 Å². The number of nitrogen functional groups attached to an aromatic ring is 1. The molecular formula is C13H16FN3O4. The molecule has 0 radical (unpaired) electrons. The molecule has 0 bridgehead atoms. The molecule has 0 atom stereocenters. The molecule has 1 aromatic carbocycles. The summed E-state index contributed by atoms with van der Waals surface area (Å²) in [6.07, 6.45) is 1.99. The maximum Gasteiger partial charge on any atom is 0.295 e. The topological polar surface area (TPSA) is 118 Å². The third kappa shape index (κ3) is 3.46. The zero-order chi connectivity index (χ0) is 15.6. The Hall–Kier alpha value is -2.22. The number of aliphatic hydroxyl groups excluding tert-OH is 1. The Morgan fingerprint density at radius 2 is 2.00 bits per heavy atom. The average Bonchev–Trinajstić information content (AvgIpc) is 2.43. The van der Waals surface area contributed by atoms with Crippen LogP contribution in [0.2, 0.25) is 0 Å². The Morgan fingerprint density at radius 1 is 1.38 bits per heavy atom. The number of carbonyl (C=O) groups is 1. The Balaban J connectivity index is 2.17. The summed E-state index contributed by atoms with van der Waals surface area (Å²) in [5.74, 6) is -1.53. The highest BCUT2D eigenvalue weighted by atomic mass is 19.1. The van der Waals surface area contributed by atoms with Crippen molar-refractivity contribution in [1.82, 2.24) is 5.32 Å². The summed E-state index contributed by atoms with van der Waals surface area (Å²) >= 11 is 0. The van der Waals surface area contributed by atoms with E-state index >= 15 is 0 Å². The smallest absolute Gasteiger partial charge is 0.295 e. The minimum atomic E-state index is -0.889. The van der Waals surface area contributed by atoms with E-state index in [1.165, 1.54) is 0 Å². The van der Waals surface area contributed by atoms with Gasteiger partial charge in [0.2, 0.25) is 0 Å². The zero-order valence-corrected chi connectivity index (χ0v) is 11.2. The number of hydrogen-bond acceptors (Lipinski definition) is 5. The molecule has 1 amide bonds. The van der Waals surface area contributed by atoms with E-state index in [0.717, 1.165) is 6.07 Å². The predicted molar refractivity (Wildman–Crippen MR) is 73.2 cm³/mol. The minimum absolute atomic E-state index is 0.150. The number of benzene rings is 1. The van der Waals surface area contributed by atoms with Gasteiger partial charge in [-0.05, 0) is 31.7 Å². The first-order chi connectivity index (χ1) is 9.88. The number of aliphatic hydroxyl groups is 1. The Labute approximate surface area is 120 Å². The van der Waals surface area contributed by atoms with Crippen LogP contribution in [0.4, 0.5) is 15.8 Å². The second kappa shape index (κ2) is 6.04. The second-order valence-electron chi connectivity index (χ2n) is 5.12.